The molecule has 1 aliphatic rings. The molecule has 2 aromatic carbocycles. The third kappa shape index (κ3) is 3.56. The quantitative estimate of drug-likeness (QED) is 0.456. The number of methoxy groups -OCH3 is 1. The summed E-state index contributed by atoms with van der Waals surface area (Å²) >= 11 is 1.52. The highest BCUT2D eigenvalue weighted by Crippen LogP contribution is 2.31. The second-order valence-corrected chi connectivity index (χ2v) is 6.74. The summed E-state index contributed by atoms with van der Waals surface area (Å²) in [5.74, 6) is 0.459. The zero-order valence-corrected chi connectivity index (χ0v) is 15.5. The Morgan fingerprint density at radius 3 is 2.72 bits per heavy atom. The lowest BCUT2D eigenvalue weighted by Crippen LogP contribution is -2.15. The minimum Gasteiger partial charge on any atom is -0.496 e. The average Bonchev–Trinajstić information content (AvgIpc) is 2.66. The molecule has 0 saturated heterocycles. The monoisotopic (exact) mass is 355 g/mol. The van der Waals surface area contributed by atoms with Crippen LogP contribution in [0.5, 0.6) is 5.75 Å². The highest BCUT2D eigenvalue weighted by molar-refractivity contribution is 7.98. The first kappa shape index (κ1) is 17.5. The van der Waals surface area contributed by atoms with E-state index in [0.717, 1.165) is 46.7 Å². The number of fused-ring (bicyclic) bond motifs is 1. The van der Waals surface area contributed by atoms with Gasteiger partial charge in [0.1, 0.15) is 5.75 Å². The van der Waals surface area contributed by atoms with Gasteiger partial charge in [0.2, 0.25) is 0 Å². The normalized spacial score (nSPS) is 14.9. The summed E-state index contributed by atoms with van der Waals surface area (Å²) in [7, 11) is 1.68. The zero-order chi connectivity index (χ0) is 17.8. The third-order valence-electron chi connectivity index (χ3n) is 4.49. The first-order valence-corrected chi connectivity index (χ1v) is 9.46. The summed E-state index contributed by atoms with van der Waals surface area (Å²) in [4.78, 5) is 18.5. The van der Waals surface area contributed by atoms with Crippen molar-refractivity contribution in [3.8, 4) is 5.75 Å². The molecule has 0 aromatic heterocycles. The first-order valence-electron chi connectivity index (χ1n) is 8.23. The Morgan fingerprint density at radius 2 is 1.96 bits per heavy atom. The van der Waals surface area contributed by atoms with Crippen molar-refractivity contribution in [2.75, 3.05) is 13.4 Å². The fraction of sp³-hybridized carbons (Fsp3) is 0.300. The summed E-state index contributed by atoms with van der Waals surface area (Å²) in [5.41, 5.74) is 4.77. The van der Waals surface area contributed by atoms with Crippen LogP contribution in [0.2, 0.25) is 0 Å². The molecular formula is C20H21NO3S. The molecule has 0 amide bonds. The molecule has 0 radical (unpaired) electrons. The van der Waals surface area contributed by atoms with Gasteiger partial charge in [0.25, 0.3) is 0 Å². The minimum absolute atomic E-state index is 0.421. The number of benzene rings is 2. The molecule has 0 fully saturated rings. The number of rotatable bonds is 4. The van der Waals surface area contributed by atoms with Crippen LogP contribution in [-0.2, 0) is 11.3 Å². The summed E-state index contributed by atoms with van der Waals surface area (Å²) < 4.78 is 5.40. The van der Waals surface area contributed by atoms with E-state index in [1.54, 1.807) is 13.2 Å². The van der Waals surface area contributed by atoms with Crippen molar-refractivity contribution in [1.29, 1.82) is 0 Å². The number of hydrogen-bond acceptors (Lipinski definition) is 5. The van der Waals surface area contributed by atoms with Gasteiger partial charge in [-0.15, -0.1) is 11.8 Å². The molecular weight excluding hydrogens is 334 g/mol. The van der Waals surface area contributed by atoms with Gasteiger partial charge in [-0.2, -0.15) is 0 Å². The summed E-state index contributed by atoms with van der Waals surface area (Å²) in [6.45, 7) is 2.06. The Labute approximate surface area is 152 Å². The molecule has 0 atom stereocenters. The van der Waals surface area contributed by atoms with E-state index in [9.17, 15) is 4.79 Å². The predicted octanol–water partition coefficient (Wildman–Crippen LogP) is 4.62. The number of hydrogen-bond donors (Lipinski definition) is 0. The second kappa shape index (κ2) is 7.74. The van der Waals surface area contributed by atoms with Gasteiger partial charge in [0.15, 0.2) is 0 Å². The van der Waals surface area contributed by atoms with E-state index in [0.29, 0.717) is 5.56 Å². The highest BCUT2D eigenvalue weighted by atomic mass is 32.2. The Hall–Kier alpha value is -2.27. The Kier molecular flexibility index (Phi) is 5.43. The van der Waals surface area contributed by atoms with Crippen LogP contribution in [0.1, 0.15) is 39.9 Å². The van der Waals surface area contributed by atoms with E-state index >= 15 is 0 Å². The van der Waals surface area contributed by atoms with Gasteiger partial charge in [-0.05, 0) is 67.8 Å². The molecule has 3 rings (SSSR count). The topological polar surface area (TPSA) is 47.9 Å². The minimum atomic E-state index is -0.421. The Bertz CT molecular complexity index is 830. The Morgan fingerprint density at radius 1 is 1.16 bits per heavy atom. The SMILES string of the molecule is COc1ccc2c(c1C)CCC/C2=N\OC(=O)c1ccccc1SC. The number of ether oxygens (including phenoxy) is 1. The van der Waals surface area contributed by atoms with Gasteiger partial charge in [0.05, 0.1) is 18.4 Å². The van der Waals surface area contributed by atoms with Gasteiger partial charge < -0.3 is 9.57 Å². The van der Waals surface area contributed by atoms with Crippen LogP contribution in [0.4, 0.5) is 0 Å². The van der Waals surface area contributed by atoms with Crippen LogP contribution in [0.15, 0.2) is 46.4 Å². The highest BCUT2D eigenvalue weighted by Gasteiger charge is 2.21. The van der Waals surface area contributed by atoms with Crippen LogP contribution in [-0.4, -0.2) is 25.0 Å². The lowest BCUT2D eigenvalue weighted by Gasteiger charge is -2.21. The molecule has 0 N–H and O–H groups in total. The number of carbonyl (C=O) groups is 1. The lowest BCUT2D eigenvalue weighted by molar-refractivity contribution is 0.0511. The average molecular weight is 355 g/mol. The summed E-state index contributed by atoms with van der Waals surface area (Å²) in [6.07, 6.45) is 4.71. The number of nitrogens with zero attached hydrogens (tertiary/aromatic N) is 1. The summed E-state index contributed by atoms with van der Waals surface area (Å²) in [5, 5.41) is 4.19. The van der Waals surface area contributed by atoms with Crippen molar-refractivity contribution in [3.05, 3.63) is 58.7 Å². The molecule has 0 unspecified atom stereocenters. The smallest absolute Gasteiger partial charge is 0.366 e. The van der Waals surface area contributed by atoms with Gasteiger partial charge in [-0.1, -0.05) is 17.3 Å². The maximum atomic E-state index is 12.4. The van der Waals surface area contributed by atoms with Crippen molar-refractivity contribution >= 4 is 23.4 Å². The van der Waals surface area contributed by atoms with Crippen LogP contribution >= 0.6 is 11.8 Å². The molecule has 0 bridgehead atoms. The molecule has 5 heteroatoms. The van der Waals surface area contributed by atoms with E-state index in [1.807, 2.05) is 36.6 Å². The number of oxime groups is 1. The van der Waals surface area contributed by atoms with Crippen molar-refractivity contribution < 1.29 is 14.4 Å². The Balaban J connectivity index is 1.87. The van der Waals surface area contributed by atoms with E-state index in [1.165, 1.54) is 17.3 Å². The standard InChI is InChI=1S/C20H21NO3S/c1-13-14-8-6-9-17(15(14)11-12-18(13)23-2)21-24-20(22)16-7-4-5-10-19(16)25-3/h4-5,7,10-12H,6,8-9H2,1-3H3/b21-17+. The van der Waals surface area contributed by atoms with E-state index in [4.69, 9.17) is 9.57 Å². The third-order valence-corrected chi connectivity index (χ3v) is 5.28. The maximum absolute atomic E-state index is 12.4. The molecule has 0 saturated carbocycles. The van der Waals surface area contributed by atoms with Crippen LogP contribution in [0, 0.1) is 6.92 Å². The van der Waals surface area contributed by atoms with Gasteiger partial charge in [-0.25, -0.2) is 4.79 Å². The largest absolute Gasteiger partial charge is 0.496 e. The molecule has 0 aliphatic heterocycles. The lowest BCUT2D eigenvalue weighted by atomic mass is 9.87. The van der Waals surface area contributed by atoms with E-state index in [2.05, 4.69) is 12.1 Å². The fourth-order valence-corrected chi connectivity index (χ4v) is 3.76. The predicted molar refractivity (Wildman–Crippen MR) is 101 cm³/mol. The zero-order valence-electron chi connectivity index (χ0n) is 14.7. The van der Waals surface area contributed by atoms with Gasteiger partial charge in [-0.3, -0.25) is 0 Å². The molecule has 130 valence electrons. The molecule has 1 aliphatic carbocycles. The van der Waals surface area contributed by atoms with Gasteiger partial charge in [0, 0.05) is 10.5 Å². The fourth-order valence-electron chi connectivity index (χ4n) is 3.17. The molecule has 25 heavy (non-hydrogen) atoms. The first-order chi connectivity index (χ1) is 12.2. The van der Waals surface area contributed by atoms with E-state index in [-0.39, 0.29) is 0 Å². The summed E-state index contributed by atoms with van der Waals surface area (Å²) in [6, 6.07) is 11.3. The number of thioether (sulfide) groups is 1. The maximum Gasteiger partial charge on any atom is 0.366 e. The van der Waals surface area contributed by atoms with Crippen LogP contribution in [0.25, 0.3) is 0 Å². The number of carbonyl (C=O) groups excluding carboxylic acids is 1. The van der Waals surface area contributed by atoms with E-state index < -0.39 is 5.97 Å². The molecule has 4 nitrogen and oxygen atoms in total. The second-order valence-electron chi connectivity index (χ2n) is 5.89. The molecule has 0 spiro atoms. The molecule has 2 aromatic rings. The molecule has 0 heterocycles. The van der Waals surface area contributed by atoms with Crippen molar-refractivity contribution in [2.24, 2.45) is 5.16 Å². The van der Waals surface area contributed by atoms with Gasteiger partial charge >= 0.3 is 5.97 Å². The van der Waals surface area contributed by atoms with Crippen LogP contribution in [0.3, 0.4) is 0 Å². The van der Waals surface area contributed by atoms with Crippen LogP contribution < -0.4 is 4.74 Å². The van der Waals surface area contributed by atoms with Crippen molar-refractivity contribution in [2.45, 2.75) is 31.1 Å². The van der Waals surface area contributed by atoms with Crippen molar-refractivity contribution in [3.63, 3.8) is 0 Å². The van der Waals surface area contributed by atoms with Crippen molar-refractivity contribution in [1.82, 2.24) is 0 Å².